The Bertz CT molecular complexity index is 1040. The summed E-state index contributed by atoms with van der Waals surface area (Å²) in [5.41, 5.74) is 13.1. The number of aryl methyl sites for hydroxylation is 1. The lowest BCUT2D eigenvalue weighted by atomic mass is 10.1. The van der Waals surface area contributed by atoms with Crippen LogP contribution in [0.3, 0.4) is 0 Å². The second-order valence-electron chi connectivity index (χ2n) is 7.06. The minimum Gasteiger partial charge on any atom is -0.484 e. The first kappa shape index (κ1) is 24.2. The number of benzene rings is 2. The number of primary amides is 1. The molecule has 0 heterocycles. The van der Waals surface area contributed by atoms with Gasteiger partial charge in [-0.15, -0.1) is 0 Å². The largest absolute Gasteiger partial charge is 0.484 e. The lowest BCUT2D eigenvalue weighted by Crippen LogP contribution is -2.29. The predicted molar refractivity (Wildman–Crippen MR) is 120 cm³/mol. The Kier molecular flexibility index (Phi) is 8.17. The lowest BCUT2D eigenvalue weighted by molar-refractivity contribution is -0.122. The molecule has 0 aromatic heterocycles. The van der Waals surface area contributed by atoms with Crippen molar-refractivity contribution < 1.29 is 23.9 Å². The first-order chi connectivity index (χ1) is 15.1. The van der Waals surface area contributed by atoms with Crippen LogP contribution in [0.2, 0.25) is 0 Å². The number of nitrogen functional groups attached to an aromatic ring is 1. The van der Waals surface area contributed by atoms with Gasteiger partial charge < -0.3 is 31.2 Å². The number of amidine groups is 1. The average molecular weight is 441 g/mol. The number of nitrogens with one attached hydrogen (secondary N) is 2. The molecule has 32 heavy (non-hydrogen) atoms. The third-order valence-corrected chi connectivity index (χ3v) is 4.45. The van der Waals surface area contributed by atoms with Crippen LogP contribution in [0.1, 0.15) is 23.6 Å². The van der Waals surface area contributed by atoms with E-state index in [2.05, 4.69) is 5.32 Å². The number of hydrogen-bond acceptors (Lipinski definition) is 6. The highest BCUT2D eigenvalue weighted by Crippen LogP contribution is 2.28. The Morgan fingerprint density at radius 1 is 1.06 bits per heavy atom. The van der Waals surface area contributed by atoms with Crippen LogP contribution in [0.5, 0.6) is 11.5 Å². The number of nitrogens with zero attached hydrogens (tertiary/aromatic N) is 1. The summed E-state index contributed by atoms with van der Waals surface area (Å²) in [6, 6.07) is 10.0. The molecule has 2 aromatic carbocycles. The minimum atomic E-state index is -0.611. The van der Waals surface area contributed by atoms with Crippen molar-refractivity contribution in [3.63, 3.8) is 0 Å². The fourth-order valence-electron chi connectivity index (χ4n) is 2.88. The number of rotatable bonds is 10. The minimum absolute atomic E-state index is 0.120. The third kappa shape index (κ3) is 6.73. The van der Waals surface area contributed by atoms with Gasteiger partial charge in [0, 0.05) is 36.9 Å². The zero-order chi connectivity index (χ0) is 23.8. The van der Waals surface area contributed by atoms with Crippen molar-refractivity contribution in [2.75, 3.05) is 25.2 Å². The average Bonchev–Trinajstić information content (AvgIpc) is 2.73. The van der Waals surface area contributed by atoms with Crippen molar-refractivity contribution in [3.8, 4) is 11.5 Å². The van der Waals surface area contributed by atoms with Gasteiger partial charge in [-0.3, -0.25) is 19.8 Å². The zero-order valence-corrected chi connectivity index (χ0v) is 18.2. The molecule has 3 amide bonds. The number of carbonyl (C=O) groups excluding carboxylic acids is 3. The van der Waals surface area contributed by atoms with E-state index in [0.29, 0.717) is 28.3 Å². The summed E-state index contributed by atoms with van der Waals surface area (Å²) in [5.74, 6) is -0.620. The van der Waals surface area contributed by atoms with Gasteiger partial charge in [0.05, 0.1) is 6.54 Å². The van der Waals surface area contributed by atoms with E-state index in [0.717, 1.165) is 5.56 Å². The molecule has 2 aromatic rings. The molecule has 0 bridgehead atoms. The van der Waals surface area contributed by atoms with Crippen LogP contribution in [0, 0.1) is 12.3 Å². The Labute approximate surface area is 186 Å². The summed E-state index contributed by atoms with van der Waals surface area (Å²) < 4.78 is 11.0. The molecule has 0 spiro atoms. The van der Waals surface area contributed by atoms with Gasteiger partial charge in [0.2, 0.25) is 5.91 Å². The van der Waals surface area contributed by atoms with Gasteiger partial charge in [0.25, 0.3) is 11.8 Å². The maximum Gasteiger partial charge on any atom is 0.257 e. The van der Waals surface area contributed by atoms with Gasteiger partial charge in [-0.1, -0.05) is 12.1 Å². The van der Waals surface area contributed by atoms with Crippen LogP contribution < -0.4 is 31.2 Å². The number of ether oxygens (including phenoxy) is 2. The van der Waals surface area contributed by atoms with E-state index < -0.39 is 5.91 Å². The van der Waals surface area contributed by atoms with Crippen LogP contribution >= 0.6 is 0 Å². The molecule has 0 aliphatic heterocycles. The second kappa shape index (κ2) is 10.8. The molecular formula is C22H27N5O5. The van der Waals surface area contributed by atoms with E-state index in [1.807, 2.05) is 6.92 Å². The van der Waals surface area contributed by atoms with Crippen molar-refractivity contribution in [2.45, 2.75) is 20.4 Å². The molecule has 0 saturated carbocycles. The van der Waals surface area contributed by atoms with Crippen molar-refractivity contribution >= 4 is 29.2 Å². The number of nitrogens with two attached hydrogens (primary N) is 2. The van der Waals surface area contributed by atoms with Crippen LogP contribution in [0.25, 0.3) is 0 Å². The molecule has 10 nitrogen and oxygen atoms in total. The first-order valence-electron chi connectivity index (χ1n) is 9.72. The highest BCUT2D eigenvalue weighted by Gasteiger charge is 2.18. The number of carbonyl (C=O) groups is 3. The van der Waals surface area contributed by atoms with Crippen molar-refractivity contribution in [3.05, 3.63) is 53.1 Å². The molecule has 0 radical (unpaired) electrons. The van der Waals surface area contributed by atoms with Crippen molar-refractivity contribution in [1.82, 2.24) is 5.32 Å². The molecule has 0 aliphatic rings. The van der Waals surface area contributed by atoms with E-state index in [-0.39, 0.29) is 37.4 Å². The van der Waals surface area contributed by atoms with Crippen LogP contribution in [-0.4, -0.2) is 43.8 Å². The molecule has 10 heteroatoms. The van der Waals surface area contributed by atoms with Gasteiger partial charge in [0.15, 0.2) is 13.2 Å². The summed E-state index contributed by atoms with van der Waals surface area (Å²) in [4.78, 5) is 36.7. The van der Waals surface area contributed by atoms with Gasteiger partial charge in [-0.05, 0) is 30.7 Å². The zero-order valence-electron chi connectivity index (χ0n) is 18.2. The Morgan fingerprint density at radius 3 is 2.38 bits per heavy atom. The summed E-state index contributed by atoms with van der Waals surface area (Å²) in [6.45, 7) is 2.85. The molecule has 2 rings (SSSR count). The standard InChI is InChI=1S/C22H27N5O5/c1-13-6-17(9-18(7-13)31-11-20(23)29)27(14(2)28)10-16-5-4-15(22(24)25)8-19(16)32-12-21(30)26-3/h4-9H,10-12H2,1-3H3,(H2,23,29)(H3,24,25)(H,26,30). The third-order valence-electron chi connectivity index (χ3n) is 4.45. The predicted octanol–water partition coefficient (Wildman–Crippen LogP) is 0.821. The number of amides is 3. The molecule has 0 aliphatic carbocycles. The SMILES string of the molecule is CNC(=O)COc1cc(C(=N)N)ccc1CN(C(C)=O)c1cc(C)cc(OCC(N)=O)c1. The molecule has 6 N–H and O–H groups in total. The van der Waals surface area contributed by atoms with E-state index in [9.17, 15) is 14.4 Å². The highest BCUT2D eigenvalue weighted by molar-refractivity contribution is 5.95. The van der Waals surface area contributed by atoms with Gasteiger partial charge in [-0.2, -0.15) is 0 Å². The molecule has 170 valence electrons. The summed E-state index contributed by atoms with van der Waals surface area (Å²) in [6.07, 6.45) is 0. The van der Waals surface area contributed by atoms with Crippen LogP contribution in [0.4, 0.5) is 5.69 Å². The first-order valence-corrected chi connectivity index (χ1v) is 9.72. The summed E-state index contributed by atoms with van der Waals surface area (Å²) in [5, 5.41) is 10.1. The molecule has 0 fully saturated rings. The fraction of sp³-hybridized carbons (Fsp3) is 0.273. The molecule has 0 unspecified atom stereocenters. The molecular weight excluding hydrogens is 414 g/mol. The second-order valence-corrected chi connectivity index (χ2v) is 7.06. The van der Waals surface area contributed by atoms with Gasteiger partial charge in [0.1, 0.15) is 17.3 Å². The number of hydrogen-bond donors (Lipinski definition) is 4. The Hall–Kier alpha value is -4.08. The van der Waals surface area contributed by atoms with Crippen LogP contribution in [0.15, 0.2) is 36.4 Å². The molecule has 0 saturated heterocycles. The normalized spacial score (nSPS) is 10.2. The smallest absolute Gasteiger partial charge is 0.257 e. The van der Waals surface area contributed by atoms with E-state index in [4.69, 9.17) is 26.4 Å². The van der Waals surface area contributed by atoms with Gasteiger partial charge >= 0.3 is 0 Å². The Morgan fingerprint density at radius 2 is 1.78 bits per heavy atom. The summed E-state index contributed by atoms with van der Waals surface area (Å²) in [7, 11) is 1.49. The lowest BCUT2D eigenvalue weighted by Gasteiger charge is -2.24. The van der Waals surface area contributed by atoms with Gasteiger partial charge in [-0.25, -0.2) is 0 Å². The number of likely N-dealkylation sites (N-methyl/N-ethyl adjacent to an activating group) is 1. The van der Waals surface area contributed by atoms with E-state index >= 15 is 0 Å². The fourth-order valence-corrected chi connectivity index (χ4v) is 2.88. The number of anilines is 1. The van der Waals surface area contributed by atoms with Crippen molar-refractivity contribution in [1.29, 1.82) is 5.41 Å². The monoisotopic (exact) mass is 441 g/mol. The quantitative estimate of drug-likeness (QED) is 0.315. The maximum absolute atomic E-state index is 12.5. The Balaban J connectivity index is 2.40. The van der Waals surface area contributed by atoms with E-state index in [1.165, 1.54) is 18.9 Å². The highest BCUT2D eigenvalue weighted by atomic mass is 16.5. The molecule has 0 atom stereocenters. The topological polar surface area (TPSA) is 161 Å². The van der Waals surface area contributed by atoms with Crippen LogP contribution in [-0.2, 0) is 20.9 Å². The van der Waals surface area contributed by atoms with E-state index in [1.54, 1.807) is 36.4 Å². The maximum atomic E-state index is 12.5. The summed E-state index contributed by atoms with van der Waals surface area (Å²) >= 11 is 0. The van der Waals surface area contributed by atoms with Crippen molar-refractivity contribution in [2.24, 2.45) is 11.5 Å².